The number of rotatable bonds is 23. The first-order valence-corrected chi connectivity index (χ1v) is 14.3. The molecule has 36 heavy (non-hydrogen) atoms. The molecule has 0 aliphatic carbocycles. The van der Waals surface area contributed by atoms with Crippen molar-refractivity contribution in [2.45, 2.75) is 129 Å². The van der Waals surface area contributed by atoms with E-state index in [1.807, 2.05) is 6.92 Å². The van der Waals surface area contributed by atoms with Crippen LogP contribution in [0.2, 0.25) is 0 Å². The number of amides is 2. The molecule has 1 rings (SSSR count). The zero-order valence-corrected chi connectivity index (χ0v) is 23.1. The molecule has 0 aliphatic heterocycles. The van der Waals surface area contributed by atoms with Crippen LogP contribution in [0.25, 0.3) is 0 Å². The van der Waals surface area contributed by atoms with Gasteiger partial charge in [0.2, 0.25) is 0 Å². The van der Waals surface area contributed by atoms with E-state index in [9.17, 15) is 9.90 Å². The molecular weight excluding hydrogens is 454 g/mol. The number of phenols is 1. The van der Waals surface area contributed by atoms with Crippen molar-refractivity contribution in [3.63, 3.8) is 0 Å². The van der Waals surface area contributed by atoms with Gasteiger partial charge in [0.1, 0.15) is 17.7 Å². The number of urea groups is 1. The highest BCUT2D eigenvalue weighted by atomic mass is 16.5. The van der Waals surface area contributed by atoms with E-state index in [4.69, 9.17) is 15.2 Å². The molecule has 0 fully saturated rings. The van der Waals surface area contributed by atoms with Crippen molar-refractivity contribution in [3.8, 4) is 11.5 Å². The molecule has 0 heterocycles. The molecule has 0 aromatic heterocycles. The summed E-state index contributed by atoms with van der Waals surface area (Å²) in [6, 6.07) is 6.24. The summed E-state index contributed by atoms with van der Waals surface area (Å²) in [7, 11) is 0. The zero-order chi connectivity index (χ0) is 26.4. The molecule has 1 aromatic carbocycles. The zero-order valence-electron chi connectivity index (χ0n) is 23.1. The fourth-order valence-electron chi connectivity index (χ4n) is 4.62. The number of ether oxygens (including phenoxy) is 2. The van der Waals surface area contributed by atoms with E-state index in [2.05, 4.69) is 24.7 Å². The van der Waals surface area contributed by atoms with E-state index >= 15 is 0 Å². The number of nitrogens with two attached hydrogens (primary N) is 1. The van der Waals surface area contributed by atoms with E-state index in [0.29, 0.717) is 12.5 Å². The number of carbonyl (C=O) groups is 1. The third-order valence-electron chi connectivity index (χ3n) is 6.60. The average molecular weight is 508 g/mol. The van der Waals surface area contributed by atoms with Gasteiger partial charge in [-0.05, 0) is 56.9 Å². The van der Waals surface area contributed by atoms with Crippen LogP contribution in [0, 0.1) is 5.92 Å². The molecule has 1 aromatic rings. The monoisotopic (exact) mass is 507 g/mol. The number of phenolic OH excluding ortho intramolecular Hbond substituents is 1. The second kappa shape index (κ2) is 21.1. The van der Waals surface area contributed by atoms with Gasteiger partial charge in [-0.1, -0.05) is 90.4 Å². The van der Waals surface area contributed by atoms with Crippen LogP contribution in [0.1, 0.15) is 117 Å². The smallest absolute Gasteiger partial charge is 0.326 e. The van der Waals surface area contributed by atoms with Crippen molar-refractivity contribution in [2.75, 3.05) is 6.61 Å². The predicted molar refractivity (Wildman–Crippen MR) is 148 cm³/mol. The molecule has 0 bridgehead atoms. The second-order valence-corrected chi connectivity index (χ2v) is 10.1. The van der Waals surface area contributed by atoms with Crippen molar-refractivity contribution in [1.29, 1.82) is 0 Å². The lowest BCUT2D eigenvalue weighted by Crippen LogP contribution is -2.47. The topological polar surface area (TPSA) is 106 Å². The third kappa shape index (κ3) is 18.3. The van der Waals surface area contributed by atoms with Crippen molar-refractivity contribution < 1.29 is 19.4 Å². The molecule has 0 spiro atoms. The summed E-state index contributed by atoms with van der Waals surface area (Å²) in [5, 5.41) is 9.45. The van der Waals surface area contributed by atoms with Gasteiger partial charge >= 0.3 is 6.03 Å². The van der Waals surface area contributed by atoms with E-state index in [1.165, 1.54) is 77.0 Å². The number of unbranched alkanes of at least 4 members (excludes halogenated alkanes) is 11. The van der Waals surface area contributed by atoms with Gasteiger partial charge in [0.25, 0.3) is 0 Å². The summed E-state index contributed by atoms with van der Waals surface area (Å²) < 4.78 is 11.9. The Balaban J connectivity index is 2.30. The lowest BCUT2D eigenvalue weighted by molar-refractivity contribution is -0.0278. The van der Waals surface area contributed by atoms with Gasteiger partial charge in [0, 0.05) is 0 Å². The van der Waals surface area contributed by atoms with Crippen LogP contribution >= 0.6 is 0 Å². The van der Waals surface area contributed by atoms with Gasteiger partial charge in [-0.15, -0.1) is 0 Å². The van der Waals surface area contributed by atoms with E-state index in [1.54, 1.807) is 24.3 Å². The Labute approximate surface area is 219 Å². The average Bonchev–Trinajstić information content (AvgIpc) is 2.84. The highest BCUT2D eigenvalue weighted by Crippen LogP contribution is 2.23. The summed E-state index contributed by atoms with van der Waals surface area (Å²) in [4.78, 5) is 10.9. The number of hydrogen-bond acceptors (Lipinski definition) is 5. The normalized spacial score (nSPS) is 13.8. The minimum atomic E-state index is -0.630. The molecule has 2 amide bonds. The van der Waals surface area contributed by atoms with Crippen LogP contribution in [0.15, 0.2) is 24.3 Å². The van der Waals surface area contributed by atoms with Crippen LogP contribution < -0.4 is 21.3 Å². The van der Waals surface area contributed by atoms with Crippen LogP contribution in [0.3, 0.4) is 0 Å². The van der Waals surface area contributed by atoms with E-state index in [0.717, 1.165) is 25.0 Å². The fraction of sp³-hybridized carbons (Fsp3) is 0.759. The highest BCUT2D eigenvalue weighted by molar-refractivity contribution is 5.70. The summed E-state index contributed by atoms with van der Waals surface area (Å²) in [6.45, 7) is 6.82. The molecule has 0 radical (unpaired) electrons. The summed E-state index contributed by atoms with van der Waals surface area (Å²) in [5.74, 6) is 1.51. The van der Waals surface area contributed by atoms with Crippen molar-refractivity contribution in [3.05, 3.63) is 24.3 Å². The quantitative estimate of drug-likeness (QED) is 0.0713. The molecule has 0 aliphatic rings. The minimum absolute atomic E-state index is 0.0400. The molecule has 3 atom stereocenters. The SMILES string of the molecule is CCCCCCCCCCCCCCC(CCOc1ccc(O)cc1)CC(C)OC(C)NNC(N)=O. The number of benzene rings is 1. The van der Waals surface area contributed by atoms with Crippen LogP contribution in [-0.2, 0) is 4.74 Å². The lowest BCUT2D eigenvalue weighted by atomic mass is 9.92. The van der Waals surface area contributed by atoms with Gasteiger partial charge < -0.3 is 20.3 Å². The van der Waals surface area contributed by atoms with Gasteiger partial charge in [-0.25, -0.2) is 10.2 Å². The van der Waals surface area contributed by atoms with Crippen LogP contribution in [0.5, 0.6) is 11.5 Å². The van der Waals surface area contributed by atoms with Gasteiger partial charge in [-0.2, -0.15) is 0 Å². The maximum Gasteiger partial charge on any atom is 0.326 e. The Morgan fingerprint density at radius 3 is 2.00 bits per heavy atom. The summed E-state index contributed by atoms with van der Waals surface area (Å²) in [6.07, 6.45) is 19.0. The van der Waals surface area contributed by atoms with Crippen molar-refractivity contribution in [1.82, 2.24) is 10.9 Å². The Morgan fingerprint density at radius 1 is 0.889 bits per heavy atom. The molecule has 5 N–H and O–H groups in total. The Kier molecular flexibility index (Phi) is 18.8. The number of hydrogen-bond donors (Lipinski definition) is 4. The molecule has 0 saturated heterocycles. The Bertz CT molecular complexity index is 656. The first-order chi connectivity index (χ1) is 17.4. The van der Waals surface area contributed by atoms with E-state index < -0.39 is 6.03 Å². The number of nitrogens with one attached hydrogen (secondary N) is 2. The number of carbonyl (C=O) groups excluding carboxylic acids is 1. The minimum Gasteiger partial charge on any atom is -0.508 e. The first-order valence-electron chi connectivity index (χ1n) is 14.3. The maximum absolute atomic E-state index is 10.9. The number of primary amides is 1. The lowest BCUT2D eigenvalue weighted by Gasteiger charge is -2.25. The summed E-state index contributed by atoms with van der Waals surface area (Å²) >= 11 is 0. The predicted octanol–water partition coefficient (Wildman–Crippen LogP) is 7.18. The third-order valence-corrected chi connectivity index (χ3v) is 6.60. The first kappa shape index (κ1) is 32.0. The van der Waals surface area contributed by atoms with Crippen LogP contribution in [0.4, 0.5) is 4.79 Å². The summed E-state index contributed by atoms with van der Waals surface area (Å²) in [5.41, 5.74) is 10.2. The molecule has 7 heteroatoms. The molecule has 3 unspecified atom stereocenters. The van der Waals surface area contributed by atoms with Gasteiger partial charge in [-0.3, -0.25) is 5.43 Å². The largest absolute Gasteiger partial charge is 0.508 e. The fourth-order valence-corrected chi connectivity index (χ4v) is 4.62. The van der Waals surface area contributed by atoms with Crippen molar-refractivity contribution in [2.24, 2.45) is 11.7 Å². The van der Waals surface area contributed by atoms with Crippen LogP contribution in [-0.4, -0.2) is 30.1 Å². The van der Waals surface area contributed by atoms with E-state index in [-0.39, 0.29) is 18.1 Å². The molecular formula is C29H53N3O4. The van der Waals surface area contributed by atoms with Crippen molar-refractivity contribution >= 4 is 6.03 Å². The van der Waals surface area contributed by atoms with Gasteiger partial charge in [0.05, 0.1) is 12.7 Å². The Morgan fingerprint density at radius 2 is 1.44 bits per heavy atom. The number of aromatic hydroxyl groups is 1. The number of hydrazine groups is 1. The molecule has 0 saturated carbocycles. The highest BCUT2D eigenvalue weighted by Gasteiger charge is 2.16. The van der Waals surface area contributed by atoms with Gasteiger partial charge in [0.15, 0.2) is 0 Å². The molecule has 208 valence electrons. The maximum atomic E-state index is 10.9. The Hall–Kier alpha value is -1.99. The molecule has 7 nitrogen and oxygen atoms in total. The standard InChI is InChI=1S/C29H53N3O4/c1-4-5-6-7-8-9-10-11-12-13-14-15-16-26(21-22-35-28-19-17-27(33)18-20-28)23-24(2)36-25(3)31-32-29(30)34/h17-20,24-26,31,33H,4-16,21-23H2,1-3H3,(H3,30,32,34). The second-order valence-electron chi connectivity index (χ2n) is 10.1.